The highest BCUT2D eigenvalue weighted by atomic mass is 16.5. The third kappa shape index (κ3) is 2.08. The van der Waals surface area contributed by atoms with E-state index in [2.05, 4.69) is 11.4 Å². The molecule has 78 valence electrons. The van der Waals surface area contributed by atoms with Crippen molar-refractivity contribution in [2.45, 2.75) is 31.2 Å². The minimum atomic E-state index is -0.392. The van der Waals surface area contributed by atoms with Crippen molar-refractivity contribution in [3.63, 3.8) is 0 Å². The maximum absolute atomic E-state index is 9.26. The molecule has 14 heavy (non-hydrogen) atoms. The Bertz CT molecular complexity index is 240. The third-order valence-corrected chi connectivity index (χ3v) is 3.25. The molecule has 0 radical (unpaired) electrons. The summed E-state index contributed by atoms with van der Waals surface area (Å²) < 4.78 is 5.17. The summed E-state index contributed by atoms with van der Waals surface area (Å²) in [6.07, 6.45) is 5.00. The van der Waals surface area contributed by atoms with Gasteiger partial charge in [-0.05, 0) is 44.1 Å². The third-order valence-electron chi connectivity index (χ3n) is 3.25. The van der Waals surface area contributed by atoms with Gasteiger partial charge >= 0.3 is 0 Å². The van der Waals surface area contributed by atoms with Crippen molar-refractivity contribution >= 4 is 0 Å². The number of ether oxygens (including phenoxy) is 1. The van der Waals surface area contributed by atoms with Gasteiger partial charge in [0.05, 0.1) is 12.7 Å². The monoisotopic (exact) mass is 194 g/mol. The van der Waals surface area contributed by atoms with Gasteiger partial charge in [-0.25, -0.2) is 0 Å². The molecule has 2 aliphatic carbocycles. The largest absolute Gasteiger partial charge is 0.382 e. The summed E-state index contributed by atoms with van der Waals surface area (Å²) in [6.45, 7) is 1.52. The van der Waals surface area contributed by atoms with Gasteiger partial charge in [0.25, 0.3) is 0 Å². The van der Waals surface area contributed by atoms with Gasteiger partial charge in [0.2, 0.25) is 0 Å². The maximum Gasteiger partial charge on any atom is 0.133 e. The molecule has 0 aliphatic heterocycles. The standard InChI is InChI=1S/C11H18N2O/c1-14-8-11(7-12,10-4-5-10)13-6-9-2-3-9/h9-10,13H,2-6,8H2,1H3. The van der Waals surface area contributed by atoms with Gasteiger partial charge in [0, 0.05) is 7.11 Å². The van der Waals surface area contributed by atoms with Gasteiger partial charge in [-0.1, -0.05) is 0 Å². The predicted octanol–water partition coefficient (Wildman–Crippen LogP) is 1.30. The average molecular weight is 194 g/mol. The van der Waals surface area contributed by atoms with Crippen molar-refractivity contribution in [3.05, 3.63) is 0 Å². The van der Waals surface area contributed by atoms with Crippen molar-refractivity contribution in [3.8, 4) is 6.07 Å². The second-order valence-corrected chi connectivity index (χ2v) is 4.61. The zero-order valence-electron chi connectivity index (χ0n) is 8.75. The Morgan fingerprint density at radius 1 is 1.43 bits per heavy atom. The van der Waals surface area contributed by atoms with Crippen LogP contribution in [0.5, 0.6) is 0 Å². The Morgan fingerprint density at radius 2 is 2.14 bits per heavy atom. The van der Waals surface area contributed by atoms with Gasteiger partial charge in [0.15, 0.2) is 0 Å². The zero-order valence-corrected chi connectivity index (χ0v) is 8.75. The molecule has 2 aliphatic rings. The zero-order chi connectivity index (χ0) is 10.0. The van der Waals surface area contributed by atoms with Gasteiger partial charge in [-0.15, -0.1) is 0 Å². The Balaban J connectivity index is 1.91. The first-order valence-electron chi connectivity index (χ1n) is 5.46. The molecule has 3 nitrogen and oxygen atoms in total. The summed E-state index contributed by atoms with van der Waals surface area (Å²) in [5, 5.41) is 12.7. The van der Waals surface area contributed by atoms with E-state index in [-0.39, 0.29) is 0 Å². The molecule has 0 aromatic rings. The highest BCUT2D eigenvalue weighted by Gasteiger charge is 2.46. The molecule has 1 N–H and O–H groups in total. The first-order chi connectivity index (χ1) is 6.80. The molecule has 0 heterocycles. The molecule has 0 aromatic heterocycles. The second kappa shape index (κ2) is 3.88. The topological polar surface area (TPSA) is 45.0 Å². The lowest BCUT2D eigenvalue weighted by molar-refractivity contribution is 0.125. The normalized spacial score (nSPS) is 25.4. The fourth-order valence-corrected chi connectivity index (χ4v) is 1.93. The molecule has 0 amide bonds. The minimum Gasteiger partial charge on any atom is -0.382 e. The molecule has 3 heteroatoms. The number of nitrogens with one attached hydrogen (secondary N) is 1. The van der Waals surface area contributed by atoms with Crippen LogP contribution in [0.4, 0.5) is 0 Å². The van der Waals surface area contributed by atoms with Gasteiger partial charge < -0.3 is 4.74 Å². The highest BCUT2D eigenvalue weighted by molar-refractivity contribution is 5.15. The SMILES string of the molecule is COCC(C#N)(NCC1CC1)C1CC1. The van der Waals surface area contributed by atoms with E-state index in [0.717, 1.165) is 12.5 Å². The molecule has 0 aromatic carbocycles. The summed E-state index contributed by atoms with van der Waals surface area (Å²) in [5.41, 5.74) is -0.392. The molecule has 0 saturated heterocycles. The summed E-state index contributed by atoms with van der Waals surface area (Å²) in [4.78, 5) is 0. The van der Waals surface area contributed by atoms with Gasteiger partial charge in [0.1, 0.15) is 5.54 Å². The molecule has 0 spiro atoms. The van der Waals surface area contributed by atoms with Crippen molar-refractivity contribution in [2.75, 3.05) is 20.3 Å². The minimum absolute atomic E-state index is 0.392. The van der Waals surface area contributed by atoms with Crippen molar-refractivity contribution in [2.24, 2.45) is 11.8 Å². The van der Waals surface area contributed by atoms with Crippen LogP contribution < -0.4 is 5.32 Å². The van der Waals surface area contributed by atoms with Crippen LogP contribution in [-0.4, -0.2) is 25.8 Å². The van der Waals surface area contributed by atoms with E-state index in [0.29, 0.717) is 12.5 Å². The van der Waals surface area contributed by atoms with Gasteiger partial charge in [-0.3, -0.25) is 5.32 Å². The number of nitriles is 1. The predicted molar refractivity (Wildman–Crippen MR) is 53.7 cm³/mol. The second-order valence-electron chi connectivity index (χ2n) is 4.61. The van der Waals surface area contributed by atoms with E-state index < -0.39 is 5.54 Å². The van der Waals surface area contributed by atoms with Crippen LogP contribution in [0.3, 0.4) is 0 Å². The molecular weight excluding hydrogens is 176 g/mol. The molecule has 1 atom stereocenters. The molecule has 2 rings (SSSR count). The lowest BCUT2D eigenvalue weighted by atomic mass is 9.96. The van der Waals surface area contributed by atoms with E-state index >= 15 is 0 Å². The molecular formula is C11H18N2O. The van der Waals surface area contributed by atoms with Crippen LogP contribution in [0.2, 0.25) is 0 Å². The van der Waals surface area contributed by atoms with Crippen LogP contribution in [-0.2, 0) is 4.74 Å². The van der Waals surface area contributed by atoms with E-state index in [9.17, 15) is 5.26 Å². The highest BCUT2D eigenvalue weighted by Crippen LogP contribution is 2.40. The molecule has 0 bridgehead atoms. The molecule has 2 saturated carbocycles. The quantitative estimate of drug-likeness (QED) is 0.693. The summed E-state index contributed by atoms with van der Waals surface area (Å²) in [5.74, 6) is 1.34. The van der Waals surface area contributed by atoms with Gasteiger partial charge in [-0.2, -0.15) is 5.26 Å². The number of hydrogen-bond acceptors (Lipinski definition) is 3. The van der Waals surface area contributed by atoms with Crippen LogP contribution >= 0.6 is 0 Å². The fourth-order valence-electron chi connectivity index (χ4n) is 1.93. The smallest absolute Gasteiger partial charge is 0.133 e. The van der Waals surface area contributed by atoms with E-state index in [1.54, 1.807) is 7.11 Å². The Labute approximate surface area is 85.4 Å². The molecule has 1 unspecified atom stereocenters. The van der Waals surface area contributed by atoms with Crippen LogP contribution in [0, 0.1) is 23.2 Å². The van der Waals surface area contributed by atoms with E-state index in [4.69, 9.17) is 4.74 Å². The first-order valence-corrected chi connectivity index (χ1v) is 5.46. The van der Waals surface area contributed by atoms with E-state index in [1.165, 1.54) is 25.7 Å². The average Bonchev–Trinajstić information content (AvgIpc) is 3.05. The molecule has 2 fully saturated rings. The number of hydrogen-bond donors (Lipinski definition) is 1. The van der Waals surface area contributed by atoms with E-state index in [1.807, 2.05) is 0 Å². The fraction of sp³-hybridized carbons (Fsp3) is 0.909. The summed E-state index contributed by atoms with van der Waals surface area (Å²) in [6, 6.07) is 2.43. The Kier molecular flexibility index (Phi) is 2.76. The Hall–Kier alpha value is -0.590. The van der Waals surface area contributed by atoms with Crippen LogP contribution in [0.1, 0.15) is 25.7 Å². The lowest BCUT2D eigenvalue weighted by Crippen LogP contribution is -2.50. The Morgan fingerprint density at radius 3 is 2.57 bits per heavy atom. The van der Waals surface area contributed by atoms with Crippen molar-refractivity contribution in [1.29, 1.82) is 5.26 Å². The number of nitrogens with zero attached hydrogens (tertiary/aromatic N) is 1. The van der Waals surface area contributed by atoms with Crippen molar-refractivity contribution in [1.82, 2.24) is 5.32 Å². The van der Waals surface area contributed by atoms with Crippen LogP contribution in [0.25, 0.3) is 0 Å². The lowest BCUT2D eigenvalue weighted by Gasteiger charge is -2.27. The maximum atomic E-state index is 9.26. The van der Waals surface area contributed by atoms with Crippen molar-refractivity contribution < 1.29 is 4.74 Å². The number of rotatable bonds is 6. The summed E-state index contributed by atoms with van der Waals surface area (Å²) >= 11 is 0. The number of methoxy groups -OCH3 is 1. The van der Waals surface area contributed by atoms with Crippen LogP contribution in [0.15, 0.2) is 0 Å². The first kappa shape index (κ1) is 9.95. The summed E-state index contributed by atoms with van der Waals surface area (Å²) in [7, 11) is 1.67.